The predicted molar refractivity (Wildman–Crippen MR) is 52.9 cm³/mol. The fraction of sp³-hybridized carbons (Fsp3) is 0.750. The predicted octanol–water partition coefficient (Wildman–Crippen LogP) is -1.19. The number of rotatable bonds is 5. The summed E-state index contributed by atoms with van der Waals surface area (Å²) >= 11 is 0. The SMILES string of the molecule is NC(CC[C@H](N)C(=O)O)N1C=NCC1. The zero-order valence-corrected chi connectivity index (χ0v) is 7.97. The lowest BCUT2D eigenvalue weighted by molar-refractivity contribution is -0.138. The lowest BCUT2D eigenvalue weighted by Gasteiger charge is -2.23. The van der Waals surface area contributed by atoms with E-state index >= 15 is 0 Å². The van der Waals surface area contributed by atoms with Crippen LogP contribution in [0.2, 0.25) is 0 Å². The normalized spacial score (nSPS) is 19.7. The summed E-state index contributed by atoms with van der Waals surface area (Å²) < 4.78 is 0. The topological polar surface area (TPSA) is 105 Å². The molecule has 0 bridgehead atoms. The summed E-state index contributed by atoms with van der Waals surface area (Å²) in [6, 6.07) is -0.819. The van der Waals surface area contributed by atoms with Crippen molar-refractivity contribution in [2.24, 2.45) is 16.5 Å². The number of carboxylic acids is 1. The van der Waals surface area contributed by atoms with E-state index in [1.165, 1.54) is 0 Å². The Morgan fingerprint density at radius 1 is 1.57 bits per heavy atom. The van der Waals surface area contributed by atoms with E-state index in [-0.39, 0.29) is 6.17 Å². The van der Waals surface area contributed by atoms with Crippen LogP contribution in [0.3, 0.4) is 0 Å². The summed E-state index contributed by atoms with van der Waals surface area (Å²) in [6.07, 6.45) is 2.49. The highest BCUT2D eigenvalue weighted by atomic mass is 16.4. The zero-order valence-electron chi connectivity index (χ0n) is 7.97. The number of nitrogens with two attached hydrogens (primary N) is 2. The molecule has 0 aromatic heterocycles. The number of aliphatic carboxylic acids is 1. The van der Waals surface area contributed by atoms with Gasteiger partial charge in [0.25, 0.3) is 0 Å². The van der Waals surface area contributed by atoms with Crippen LogP contribution in [0.15, 0.2) is 4.99 Å². The first kappa shape index (κ1) is 10.9. The highest BCUT2D eigenvalue weighted by molar-refractivity contribution is 5.72. The summed E-state index contributed by atoms with van der Waals surface area (Å²) in [4.78, 5) is 16.3. The Morgan fingerprint density at radius 3 is 2.79 bits per heavy atom. The van der Waals surface area contributed by atoms with Gasteiger partial charge in [-0.05, 0) is 12.8 Å². The Bertz CT molecular complexity index is 231. The van der Waals surface area contributed by atoms with Gasteiger partial charge in [0, 0.05) is 6.54 Å². The first-order valence-electron chi connectivity index (χ1n) is 4.61. The first-order chi connectivity index (χ1) is 6.61. The number of nitrogens with zero attached hydrogens (tertiary/aromatic N) is 2. The van der Waals surface area contributed by atoms with E-state index in [0.29, 0.717) is 12.8 Å². The van der Waals surface area contributed by atoms with E-state index in [1.807, 2.05) is 4.90 Å². The highest BCUT2D eigenvalue weighted by Crippen LogP contribution is 2.05. The second-order valence-corrected chi connectivity index (χ2v) is 3.35. The molecule has 0 aromatic rings. The van der Waals surface area contributed by atoms with Crippen molar-refractivity contribution in [2.45, 2.75) is 25.0 Å². The van der Waals surface area contributed by atoms with Gasteiger partial charge >= 0.3 is 5.97 Å². The number of aliphatic imine (C=N–C) groups is 1. The van der Waals surface area contributed by atoms with Gasteiger partial charge in [-0.2, -0.15) is 0 Å². The number of carboxylic acid groups (broad SMARTS) is 1. The average molecular weight is 200 g/mol. The van der Waals surface area contributed by atoms with Crippen molar-refractivity contribution in [1.29, 1.82) is 0 Å². The average Bonchev–Trinajstić information content (AvgIpc) is 2.66. The monoisotopic (exact) mass is 200 g/mol. The van der Waals surface area contributed by atoms with Crippen molar-refractivity contribution in [3.63, 3.8) is 0 Å². The van der Waals surface area contributed by atoms with Gasteiger partial charge in [0.2, 0.25) is 0 Å². The number of carbonyl (C=O) groups is 1. The third-order valence-electron chi connectivity index (χ3n) is 2.23. The minimum atomic E-state index is -0.979. The van der Waals surface area contributed by atoms with Crippen molar-refractivity contribution in [1.82, 2.24) is 4.90 Å². The maximum Gasteiger partial charge on any atom is 0.320 e. The highest BCUT2D eigenvalue weighted by Gasteiger charge is 2.17. The molecule has 1 rings (SSSR count). The Labute approximate surface area is 82.6 Å². The van der Waals surface area contributed by atoms with Gasteiger partial charge in [-0.1, -0.05) is 0 Å². The van der Waals surface area contributed by atoms with Crippen LogP contribution in [-0.4, -0.2) is 47.6 Å². The molecule has 0 saturated heterocycles. The first-order valence-corrected chi connectivity index (χ1v) is 4.61. The van der Waals surface area contributed by atoms with Gasteiger partial charge in [-0.3, -0.25) is 9.79 Å². The van der Waals surface area contributed by atoms with Gasteiger partial charge in [0.05, 0.1) is 19.0 Å². The van der Waals surface area contributed by atoms with Crippen molar-refractivity contribution in [3.05, 3.63) is 0 Å². The minimum absolute atomic E-state index is 0.174. The Morgan fingerprint density at radius 2 is 2.29 bits per heavy atom. The van der Waals surface area contributed by atoms with Crippen molar-refractivity contribution in [2.75, 3.05) is 13.1 Å². The third-order valence-corrected chi connectivity index (χ3v) is 2.23. The molecule has 2 atom stereocenters. The van der Waals surface area contributed by atoms with Crippen LogP contribution in [0.1, 0.15) is 12.8 Å². The summed E-state index contributed by atoms with van der Waals surface area (Å²) in [6.45, 7) is 1.57. The van der Waals surface area contributed by atoms with Crippen molar-refractivity contribution in [3.8, 4) is 0 Å². The molecule has 0 aromatic carbocycles. The van der Waals surface area contributed by atoms with E-state index < -0.39 is 12.0 Å². The molecule has 0 saturated carbocycles. The summed E-state index contributed by atoms with van der Waals surface area (Å²) in [7, 11) is 0. The molecule has 14 heavy (non-hydrogen) atoms. The van der Waals surface area contributed by atoms with Crippen LogP contribution in [0, 0.1) is 0 Å². The van der Waals surface area contributed by atoms with Gasteiger partial charge in [-0.15, -0.1) is 0 Å². The van der Waals surface area contributed by atoms with Crippen molar-refractivity contribution >= 4 is 12.3 Å². The van der Waals surface area contributed by atoms with Crippen LogP contribution in [-0.2, 0) is 4.79 Å². The van der Waals surface area contributed by atoms with Gasteiger partial charge in [-0.25, -0.2) is 0 Å². The van der Waals surface area contributed by atoms with Gasteiger partial charge in [0.15, 0.2) is 0 Å². The molecular formula is C8H16N4O2. The van der Waals surface area contributed by atoms with Gasteiger partial charge in [0.1, 0.15) is 6.04 Å². The molecule has 0 aliphatic carbocycles. The lowest BCUT2D eigenvalue weighted by Crippen LogP contribution is -2.42. The van der Waals surface area contributed by atoms with E-state index in [1.54, 1.807) is 6.34 Å². The summed E-state index contributed by atoms with van der Waals surface area (Å²) in [5.74, 6) is -0.979. The largest absolute Gasteiger partial charge is 0.480 e. The van der Waals surface area contributed by atoms with E-state index in [4.69, 9.17) is 16.6 Å². The van der Waals surface area contributed by atoms with Crippen LogP contribution < -0.4 is 11.5 Å². The van der Waals surface area contributed by atoms with E-state index in [0.717, 1.165) is 13.1 Å². The quantitative estimate of drug-likeness (QED) is 0.517. The Hall–Kier alpha value is -1.14. The molecule has 6 nitrogen and oxygen atoms in total. The molecule has 1 heterocycles. The Balaban J connectivity index is 2.23. The van der Waals surface area contributed by atoms with Crippen LogP contribution >= 0.6 is 0 Å². The van der Waals surface area contributed by atoms with Crippen LogP contribution in [0.4, 0.5) is 0 Å². The van der Waals surface area contributed by atoms with Crippen molar-refractivity contribution < 1.29 is 9.90 Å². The van der Waals surface area contributed by atoms with E-state index in [9.17, 15) is 4.79 Å². The summed E-state index contributed by atoms with van der Waals surface area (Å²) in [5.41, 5.74) is 11.2. The van der Waals surface area contributed by atoms with Crippen LogP contribution in [0.25, 0.3) is 0 Å². The van der Waals surface area contributed by atoms with Gasteiger partial charge < -0.3 is 21.5 Å². The fourth-order valence-electron chi connectivity index (χ4n) is 1.28. The lowest BCUT2D eigenvalue weighted by atomic mass is 10.1. The molecule has 0 radical (unpaired) electrons. The molecule has 0 amide bonds. The molecule has 6 heteroatoms. The smallest absolute Gasteiger partial charge is 0.320 e. The number of hydrogen-bond acceptors (Lipinski definition) is 5. The maximum atomic E-state index is 10.4. The minimum Gasteiger partial charge on any atom is -0.480 e. The second kappa shape index (κ2) is 4.92. The number of hydrogen-bond donors (Lipinski definition) is 3. The van der Waals surface area contributed by atoms with E-state index in [2.05, 4.69) is 4.99 Å². The third kappa shape index (κ3) is 2.97. The zero-order chi connectivity index (χ0) is 10.6. The standard InChI is InChI=1S/C8H16N4O2/c9-6(8(13)14)1-2-7(10)12-4-3-11-5-12/h5-7H,1-4,9-10H2,(H,13,14)/t6-,7?/m0/s1. The summed E-state index contributed by atoms with van der Waals surface area (Å²) in [5, 5.41) is 8.55. The maximum absolute atomic E-state index is 10.4. The second-order valence-electron chi connectivity index (χ2n) is 3.35. The molecule has 5 N–H and O–H groups in total. The van der Waals surface area contributed by atoms with Crippen LogP contribution in [0.5, 0.6) is 0 Å². The Kier molecular flexibility index (Phi) is 3.84. The molecule has 80 valence electrons. The molecule has 1 aliphatic heterocycles. The molecular weight excluding hydrogens is 184 g/mol. The molecule has 0 spiro atoms. The molecule has 1 aliphatic rings. The molecule has 1 unspecified atom stereocenters. The molecule has 0 fully saturated rings. The fourth-order valence-corrected chi connectivity index (χ4v) is 1.28.